The number of nitrogens with zero attached hydrogens (tertiary/aromatic N) is 4. The number of carboxylic acid groups (broad SMARTS) is 1. The zero-order valence-corrected chi connectivity index (χ0v) is 12.7. The summed E-state index contributed by atoms with van der Waals surface area (Å²) in [6.45, 7) is 1.71. The molecule has 0 spiro atoms. The van der Waals surface area contributed by atoms with Crippen molar-refractivity contribution in [1.29, 1.82) is 0 Å². The van der Waals surface area contributed by atoms with Gasteiger partial charge in [-0.05, 0) is 43.3 Å². The maximum atomic E-state index is 12.6. The highest BCUT2D eigenvalue weighted by molar-refractivity contribution is 6.30. The summed E-state index contributed by atoms with van der Waals surface area (Å²) >= 11 is 5.84. The van der Waals surface area contributed by atoms with Gasteiger partial charge in [-0.3, -0.25) is 4.79 Å². The minimum Gasteiger partial charge on any atom is -0.476 e. The van der Waals surface area contributed by atoms with E-state index in [9.17, 15) is 9.59 Å². The Labute approximate surface area is 136 Å². The van der Waals surface area contributed by atoms with Crippen LogP contribution in [0.15, 0.2) is 41.5 Å². The molecule has 0 aliphatic carbocycles. The first kappa shape index (κ1) is 15.1. The van der Waals surface area contributed by atoms with Gasteiger partial charge in [0.1, 0.15) is 5.92 Å². The molecule has 1 atom stereocenters. The lowest BCUT2D eigenvalue weighted by molar-refractivity contribution is -0.118. The lowest BCUT2D eigenvalue weighted by Crippen LogP contribution is -2.26. The number of carbonyl (C=O) groups is 2. The van der Waals surface area contributed by atoms with Crippen molar-refractivity contribution in [1.82, 2.24) is 10.2 Å². The summed E-state index contributed by atoms with van der Waals surface area (Å²) in [6.07, 6.45) is 0. The van der Waals surface area contributed by atoms with E-state index in [1.807, 2.05) is 0 Å². The molecule has 7 nitrogen and oxygen atoms in total. The van der Waals surface area contributed by atoms with E-state index in [2.05, 4.69) is 15.3 Å². The van der Waals surface area contributed by atoms with Crippen molar-refractivity contribution in [3.05, 3.63) is 52.8 Å². The van der Waals surface area contributed by atoms with Crippen molar-refractivity contribution in [2.45, 2.75) is 12.8 Å². The Kier molecular flexibility index (Phi) is 3.79. The fraction of sp³-hybridized carbons (Fsp3) is 0.133. The number of aromatic carboxylic acids is 1. The van der Waals surface area contributed by atoms with Crippen LogP contribution in [0, 0.1) is 0 Å². The first-order valence-electron chi connectivity index (χ1n) is 6.69. The van der Waals surface area contributed by atoms with Crippen LogP contribution < -0.4 is 5.01 Å². The average Bonchev–Trinajstić information content (AvgIpc) is 2.83. The molecule has 0 saturated carbocycles. The first-order chi connectivity index (χ1) is 11.0. The molecule has 1 unspecified atom stereocenters. The molecule has 1 aliphatic rings. The van der Waals surface area contributed by atoms with Gasteiger partial charge in [-0.1, -0.05) is 11.6 Å². The molecule has 1 N–H and O–H groups in total. The van der Waals surface area contributed by atoms with Crippen LogP contribution in [0.1, 0.15) is 29.0 Å². The van der Waals surface area contributed by atoms with Crippen LogP contribution in [0.4, 0.5) is 5.69 Å². The van der Waals surface area contributed by atoms with Crippen LogP contribution in [-0.2, 0) is 4.79 Å². The number of anilines is 1. The minimum absolute atomic E-state index is 0.177. The van der Waals surface area contributed by atoms with Crippen LogP contribution >= 0.6 is 11.6 Å². The molecule has 23 heavy (non-hydrogen) atoms. The average molecular weight is 331 g/mol. The molecule has 1 aliphatic heterocycles. The maximum absolute atomic E-state index is 12.6. The summed E-state index contributed by atoms with van der Waals surface area (Å²) in [5.74, 6) is -2.13. The molecular weight excluding hydrogens is 320 g/mol. The van der Waals surface area contributed by atoms with Gasteiger partial charge in [0.25, 0.3) is 5.91 Å². The van der Waals surface area contributed by atoms with Crippen LogP contribution in [0.2, 0.25) is 5.02 Å². The fourth-order valence-corrected chi connectivity index (χ4v) is 2.41. The lowest BCUT2D eigenvalue weighted by Gasteiger charge is -2.14. The van der Waals surface area contributed by atoms with Gasteiger partial charge in [0.15, 0.2) is 5.69 Å². The number of amides is 1. The van der Waals surface area contributed by atoms with E-state index in [4.69, 9.17) is 16.7 Å². The molecule has 3 rings (SSSR count). The normalized spacial score (nSPS) is 17.3. The van der Waals surface area contributed by atoms with E-state index in [1.165, 1.54) is 17.1 Å². The van der Waals surface area contributed by atoms with Crippen molar-refractivity contribution < 1.29 is 14.7 Å². The predicted octanol–water partition coefficient (Wildman–Crippen LogP) is 2.33. The number of halogens is 1. The summed E-state index contributed by atoms with van der Waals surface area (Å²) < 4.78 is 0. The second-order valence-electron chi connectivity index (χ2n) is 4.95. The molecule has 8 heteroatoms. The smallest absolute Gasteiger partial charge is 0.356 e. The molecule has 1 aromatic heterocycles. The Balaban J connectivity index is 1.90. The molecule has 0 saturated heterocycles. The van der Waals surface area contributed by atoms with Crippen molar-refractivity contribution >= 4 is 34.9 Å². The zero-order chi connectivity index (χ0) is 16.6. The third kappa shape index (κ3) is 2.78. The summed E-state index contributed by atoms with van der Waals surface area (Å²) in [6, 6.07) is 9.52. The maximum Gasteiger partial charge on any atom is 0.356 e. The number of carbonyl (C=O) groups excluding carboxylic acids is 1. The second kappa shape index (κ2) is 5.77. The minimum atomic E-state index is -1.17. The van der Waals surface area contributed by atoms with E-state index in [1.54, 1.807) is 31.2 Å². The highest BCUT2D eigenvalue weighted by Gasteiger charge is 2.36. The third-order valence-electron chi connectivity index (χ3n) is 3.40. The van der Waals surface area contributed by atoms with Gasteiger partial charge in [-0.25, -0.2) is 4.79 Å². The Morgan fingerprint density at radius 3 is 2.43 bits per heavy atom. The van der Waals surface area contributed by atoms with Crippen LogP contribution in [0.5, 0.6) is 0 Å². The van der Waals surface area contributed by atoms with Gasteiger partial charge in [0, 0.05) is 5.02 Å². The van der Waals surface area contributed by atoms with Gasteiger partial charge in [-0.15, -0.1) is 5.10 Å². The van der Waals surface area contributed by atoms with Crippen LogP contribution in [0.3, 0.4) is 0 Å². The molecular formula is C15H11ClN4O3. The van der Waals surface area contributed by atoms with E-state index in [-0.39, 0.29) is 11.6 Å². The van der Waals surface area contributed by atoms with Crippen molar-refractivity contribution in [3.8, 4) is 0 Å². The second-order valence-corrected chi connectivity index (χ2v) is 5.39. The van der Waals surface area contributed by atoms with Gasteiger partial charge in [0.2, 0.25) is 0 Å². The van der Waals surface area contributed by atoms with Gasteiger partial charge in [-0.2, -0.15) is 15.2 Å². The molecule has 2 heterocycles. The Hall–Kier alpha value is -2.80. The quantitative estimate of drug-likeness (QED) is 0.931. The molecule has 0 bridgehead atoms. The van der Waals surface area contributed by atoms with Crippen LogP contribution in [0.25, 0.3) is 0 Å². The number of hydrazone groups is 1. The third-order valence-corrected chi connectivity index (χ3v) is 3.65. The largest absolute Gasteiger partial charge is 0.476 e. The number of carboxylic acids is 1. The predicted molar refractivity (Wildman–Crippen MR) is 83.8 cm³/mol. The lowest BCUT2D eigenvalue weighted by atomic mass is 10.00. The van der Waals surface area contributed by atoms with E-state index < -0.39 is 11.9 Å². The van der Waals surface area contributed by atoms with E-state index in [0.717, 1.165) is 0 Å². The SMILES string of the molecule is CC1=NN(c2ccc(Cl)cc2)C(=O)C1c1ccc(C(=O)O)nn1. The number of hydrogen-bond donors (Lipinski definition) is 1. The van der Waals surface area contributed by atoms with Gasteiger partial charge in [0.05, 0.1) is 17.1 Å². The molecule has 116 valence electrons. The summed E-state index contributed by atoms with van der Waals surface area (Å²) in [7, 11) is 0. The molecule has 1 amide bonds. The van der Waals surface area contributed by atoms with Crippen molar-refractivity contribution in [2.24, 2.45) is 5.10 Å². The Morgan fingerprint density at radius 2 is 1.87 bits per heavy atom. The zero-order valence-electron chi connectivity index (χ0n) is 12.0. The Morgan fingerprint density at radius 1 is 1.17 bits per heavy atom. The highest BCUT2D eigenvalue weighted by Crippen LogP contribution is 2.29. The van der Waals surface area contributed by atoms with Crippen molar-refractivity contribution in [2.75, 3.05) is 5.01 Å². The van der Waals surface area contributed by atoms with Gasteiger partial charge >= 0.3 is 5.97 Å². The standard InChI is InChI=1S/C15H11ClN4O3/c1-8-13(11-6-7-12(15(22)23)18-17-11)14(21)20(19-8)10-4-2-9(16)3-5-10/h2-7,13H,1H3,(H,22,23). The highest BCUT2D eigenvalue weighted by atomic mass is 35.5. The number of hydrogen-bond acceptors (Lipinski definition) is 5. The first-order valence-corrected chi connectivity index (χ1v) is 7.06. The molecule has 0 fully saturated rings. The van der Waals surface area contributed by atoms with Gasteiger partial charge < -0.3 is 5.11 Å². The number of rotatable bonds is 3. The topological polar surface area (TPSA) is 95.8 Å². The van der Waals surface area contributed by atoms with Crippen molar-refractivity contribution in [3.63, 3.8) is 0 Å². The monoisotopic (exact) mass is 330 g/mol. The summed E-state index contributed by atoms with van der Waals surface area (Å²) in [4.78, 5) is 23.4. The molecule has 1 aromatic carbocycles. The van der Waals surface area contributed by atoms with Crippen LogP contribution in [-0.4, -0.2) is 32.9 Å². The van der Waals surface area contributed by atoms with E-state index >= 15 is 0 Å². The number of benzene rings is 1. The fourth-order valence-electron chi connectivity index (χ4n) is 2.28. The number of aromatic nitrogens is 2. The Bertz CT molecular complexity index is 802. The molecule has 2 aromatic rings. The molecule has 0 radical (unpaired) electrons. The summed E-state index contributed by atoms with van der Waals surface area (Å²) in [5, 5.41) is 22.4. The van der Waals surface area contributed by atoms with E-state index in [0.29, 0.717) is 22.1 Å². The summed E-state index contributed by atoms with van der Waals surface area (Å²) in [5.41, 5.74) is 1.33.